The summed E-state index contributed by atoms with van der Waals surface area (Å²) in [6.07, 6.45) is 8.16. The van der Waals surface area contributed by atoms with Crippen molar-refractivity contribution in [2.75, 3.05) is 31.1 Å². The highest BCUT2D eigenvalue weighted by atomic mass is 19.1. The van der Waals surface area contributed by atoms with E-state index in [1.165, 1.54) is 12.4 Å². The fraction of sp³-hybridized carbons (Fsp3) is 0.524. The molecule has 4 rings (SSSR count). The van der Waals surface area contributed by atoms with E-state index in [0.717, 1.165) is 57.6 Å². The zero-order valence-electron chi connectivity index (χ0n) is 16.5. The van der Waals surface area contributed by atoms with Crippen molar-refractivity contribution in [2.45, 2.75) is 38.3 Å². The maximum Gasteiger partial charge on any atom is 0.225 e. The van der Waals surface area contributed by atoms with Gasteiger partial charge < -0.3 is 10.2 Å². The Labute approximate surface area is 170 Å². The Balaban J connectivity index is 1.26. The monoisotopic (exact) mass is 398 g/mol. The molecule has 2 aromatic rings. The lowest BCUT2D eigenvalue weighted by molar-refractivity contribution is -0.127. The summed E-state index contributed by atoms with van der Waals surface area (Å²) in [6.45, 7) is 4.03. The molecule has 2 aromatic heterocycles. The van der Waals surface area contributed by atoms with Gasteiger partial charge in [-0.1, -0.05) is 6.07 Å². The van der Waals surface area contributed by atoms with Crippen molar-refractivity contribution in [3.63, 3.8) is 0 Å². The van der Waals surface area contributed by atoms with Crippen LogP contribution < -0.4 is 10.2 Å². The summed E-state index contributed by atoms with van der Waals surface area (Å²) >= 11 is 0. The summed E-state index contributed by atoms with van der Waals surface area (Å²) in [5.41, 5.74) is 0.879. The zero-order chi connectivity index (χ0) is 20.1. The maximum atomic E-state index is 13.0. The number of hydrogen-bond acceptors (Lipinski definition) is 6. The lowest BCUT2D eigenvalue weighted by Crippen LogP contribution is -2.51. The van der Waals surface area contributed by atoms with E-state index >= 15 is 0 Å². The quantitative estimate of drug-likeness (QED) is 0.831. The number of amides is 1. The maximum absolute atomic E-state index is 13.0. The van der Waals surface area contributed by atoms with Crippen LogP contribution in [0.1, 0.15) is 31.4 Å². The molecule has 0 saturated carbocycles. The Morgan fingerprint density at radius 3 is 2.62 bits per heavy atom. The Kier molecular flexibility index (Phi) is 6.29. The summed E-state index contributed by atoms with van der Waals surface area (Å²) in [7, 11) is 0. The predicted octanol–water partition coefficient (Wildman–Crippen LogP) is 2.01. The number of aromatic nitrogens is 3. The van der Waals surface area contributed by atoms with E-state index in [2.05, 4.69) is 30.1 Å². The molecule has 29 heavy (non-hydrogen) atoms. The molecule has 4 heterocycles. The van der Waals surface area contributed by atoms with E-state index in [-0.39, 0.29) is 11.8 Å². The van der Waals surface area contributed by atoms with Crippen molar-refractivity contribution in [1.82, 2.24) is 25.2 Å². The Bertz CT molecular complexity index is 795. The highest BCUT2D eigenvalue weighted by Gasteiger charge is 2.32. The Morgan fingerprint density at radius 1 is 1.10 bits per heavy atom. The van der Waals surface area contributed by atoms with Gasteiger partial charge in [-0.15, -0.1) is 0 Å². The van der Waals surface area contributed by atoms with Crippen molar-refractivity contribution in [3.05, 3.63) is 48.3 Å². The first-order chi connectivity index (χ1) is 14.2. The van der Waals surface area contributed by atoms with E-state index in [1.807, 2.05) is 18.2 Å². The van der Waals surface area contributed by atoms with Crippen molar-refractivity contribution in [1.29, 1.82) is 0 Å². The van der Waals surface area contributed by atoms with E-state index in [4.69, 9.17) is 0 Å². The van der Waals surface area contributed by atoms with Crippen molar-refractivity contribution < 1.29 is 9.18 Å². The third-order valence-electron chi connectivity index (χ3n) is 5.86. The number of hydrogen-bond donors (Lipinski definition) is 1. The first-order valence-electron chi connectivity index (χ1n) is 10.3. The van der Waals surface area contributed by atoms with Gasteiger partial charge in [0.2, 0.25) is 11.9 Å². The molecule has 1 N–H and O–H groups in total. The van der Waals surface area contributed by atoms with E-state index in [1.54, 1.807) is 6.20 Å². The molecule has 0 spiro atoms. The van der Waals surface area contributed by atoms with Gasteiger partial charge in [-0.05, 0) is 44.4 Å². The molecule has 1 amide bonds. The van der Waals surface area contributed by atoms with Crippen molar-refractivity contribution >= 4 is 11.9 Å². The molecule has 0 radical (unpaired) electrons. The number of piperidine rings is 2. The zero-order valence-corrected chi connectivity index (χ0v) is 16.5. The molecular weight excluding hydrogens is 371 g/mol. The molecule has 8 heteroatoms. The molecule has 154 valence electrons. The summed E-state index contributed by atoms with van der Waals surface area (Å²) in [5, 5.41) is 3.04. The van der Waals surface area contributed by atoms with Crippen molar-refractivity contribution in [2.24, 2.45) is 5.92 Å². The number of carbonyl (C=O) groups excluding carboxylic acids is 1. The van der Waals surface area contributed by atoms with Gasteiger partial charge in [0.25, 0.3) is 0 Å². The first kappa shape index (κ1) is 19.7. The molecule has 0 bridgehead atoms. The van der Waals surface area contributed by atoms with Crippen LogP contribution in [0.5, 0.6) is 0 Å². The smallest absolute Gasteiger partial charge is 0.225 e. The SMILES string of the molecule is O=C(NCc1ccccn1)[C@@H]1CCCN(C2CCN(c3ncc(F)cn3)CC2)C1. The van der Waals surface area contributed by atoms with Gasteiger partial charge >= 0.3 is 0 Å². The predicted molar refractivity (Wildman–Crippen MR) is 108 cm³/mol. The van der Waals surface area contributed by atoms with Gasteiger partial charge in [0, 0.05) is 31.9 Å². The molecule has 0 aliphatic carbocycles. The minimum absolute atomic E-state index is 0.0333. The van der Waals surface area contributed by atoms with Gasteiger partial charge in [0.1, 0.15) is 0 Å². The molecule has 2 aliphatic rings. The third-order valence-corrected chi connectivity index (χ3v) is 5.86. The van der Waals surface area contributed by atoms with Gasteiger partial charge in [-0.25, -0.2) is 14.4 Å². The number of likely N-dealkylation sites (tertiary alicyclic amines) is 1. The standard InChI is InChI=1S/C21H27FN6O/c22-17-12-25-21(26-13-17)27-10-6-19(7-11-27)28-9-3-4-16(15-28)20(29)24-14-18-5-1-2-8-23-18/h1-2,5,8,12-13,16,19H,3-4,6-7,9-11,14-15H2,(H,24,29)/t16-/m1/s1. The molecule has 2 fully saturated rings. The van der Waals surface area contributed by atoms with E-state index < -0.39 is 5.82 Å². The van der Waals surface area contributed by atoms with Gasteiger partial charge in [-0.3, -0.25) is 14.7 Å². The minimum Gasteiger partial charge on any atom is -0.350 e. The molecule has 0 aromatic carbocycles. The van der Waals surface area contributed by atoms with Crippen LogP contribution in [-0.2, 0) is 11.3 Å². The summed E-state index contributed by atoms with van der Waals surface area (Å²) in [4.78, 5) is 29.7. The average molecular weight is 398 g/mol. The van der Waals surface area contributed by atoms with E-state index in [9.17, 15) is 9.18 Å². The lowest BCUT2D eigenvalue weighted by Gasteiger charge is -2.42. The first-order valence-corrected chi connectivity index (χ1v) is 10.3. The fourth-order valence-electron chi connectivity index (χ4n) is 4.28. The second-order valence-electron chi connectivity index (χ2n) is 7.79. The molecular formula is C21H27FN6O. The number of pyridine rings is 1. The summed E-state index contributed by atoms with van der Waals surface area (Å²) in [5.74, 6) is 0.336. The van der Waals surface area contributed by atoms with Crippen LogP contribution in [-0.4, -0.2) is 58.0 Å². The summed E-state index contributed by atoms with van der Waals surface area (Å²) < 4.78 is 13.0. The second kappa shape index (κ2) is 9.26. The molecule has 2 saturated heterocycles. The van der Waals surface area contributed by atoms with Gasteiger partial charge in [0.05, 0.1) is 30.6 Å². The van der Waals surface area contributed by atoms with Gasteiger partial charge in [0.15, 0.2) is 5.82 Å². The van der Waals surface area contributed by atoms with Crippen LogP contribution in [0.3, 0.4) is 0 Å². The second-order valence-corrected chi connectivity index (χ2v) is 7.79. The number of rotatable bonds is 5. The van der Waals surface area contributed by atoms with Crippen molar-refractivity contribution in [3.8, 4) is 0 Å². The number of anilines is 1. The van der Waals surface area contributed by atoms with Crippen LogP contribution in [0, 0.1) is 11.7 Å². The van der Waals surface area contributed by atoms with Crippen LogP contribution in [0.2, 0.25) is 0 Å². The number of nitrogens with one attached hydrogen (secondary N) is 1. The summed E-state index contributed by atoms with van der Waals surface area (Å²) in [6, 6.07) is 6.20. The van der Waals surface area contributed by atoms with Crippen LogP contribution in [0.4, 0.5) is 10.3 Å². The largest absolute Gasteiger partial charge is 0.350 e. The highest BCUT2D eigenvalue weighted by Crippen LogP contribution is 2.25. The molecule has 2 aliphatic heterocycles. The number of nitrogens with zero attached hydrogens (tertiary/aromatic N) is 5. The average Bonchev–Trinajstić information content (AvgIpc) is 2.79. The highest BCUT2D eigenvalue weighted by molar-refractivity contribution is 5.78. The number of halogens is 1. The topological polar surface area (TPSA) is 74.2 Å². The van der Waals surface area contributed by atoms with E-state index in [0.29, 0.717) is 18.5 Å². The normalized spacial score (nSPS) is 21.1. The third kappa shape index (κ3) is 5.06. The number of carbonyl (C=O) groups is 1. The molecule has 7 nitrogen and oxygen atoms in total. The lowest BCUT2D eigenvalue weighted by atomic mass is 9.93. The molecule has 0 unspecified atom stereocenters. The molecule has 1 atom stereocenters. The van der Waals surface area contributed by atoms with Crippen LogP contribution in [0.15, 0.2) is 36.8 Å². The van der Waals surface area contributed by atoms with Gasteiger partial charge in [-0.2, -0.15) is 0 Å². The van der Waals surface area contributed by atoms with Crippen LogP contribution in [0.25, 0.3) is 0 Å². The Hall–Kier alpha value is -2.61. The Morgan fingerprint density at radius 2 is 1.90 bits per heavy atom. The minimum atomic E-state index is -0.413. The van der Waals surface area contributed by atoms with Crippen LogP contribution >= 0.6 is 0 Å². The fourth-order valence-corrected chi connectivity index (χ4v) is 4.28.